The van der Waals surface area contributed by atoms with Crippen molar-refractivity contribution in [3.8, 4) is 0 Å². The molecule has 0 aromatic heterocycles. The topological polar surface area (TPSA) is 3.24 Å². The second-order valence-electron chi connectivity index (χ2n) is 3.84. The number of hydrogen-bond donors (Lipinski definition) is 0. The Labute approximate surface area is 80.4 Å². The van der Waals surface area contributed by atoms with E-state index in [4.69, 9.17) is 0 Å². The lowest BCUT2D eigenvalue weighted by molar-refractivity contribution is 0.569. The van der Waals surface area contributed by atoms with Gasteiger partial charge >= 0.3 is 0 Å². The smallest absolute Gasteiger partial charge is 0.0366 e. The molecule has 0 amide bonds. The summed E-state index contributed by atoms with van der Waals surface area (Å²) in [5.74, 6) is 0.917. The van der Waals surface area contributed by atoms with Crippen LogP contribution in [0, 0.1) is 5.92 Å². The van der Waals surface area contributed by atoms with Crippen LogP contribution in [0.1, 0.15) is 19.8 Å². The van der Waals surface area contributed by atoms with Crippen LogP contribution in [0.15, 0.2) is 30.3 Å². The van der Waals surface area contributed by atoms with Gasteiger partial charge in [-0.15, -0.1) is 0 Å². The quantitative estimate of drug-likeness (QED) is 0.668. The third kappa shape index (κ3) is 1.85. The molecule has 1 saturated heterocycles. The Kier molecular flexibility index (Phi) is 2.53. The molecule has 1 aliphatic heterocycles. The molecule has 0 saturated carbocycles. The Hall–Kier alpha value is -0.980. The van der Waals surface area contributed by atoms with E-state index in [1.54, 1.807) is 0 Å². The minimum absolute atomic E-state index is 0.917. The second-order valence-corrected chi connectivity index (χ2v) is 3.84. The Morgan fingerprint density at radius 2 is 2.08 bits per heavy atom. The first-order chi connectivity index (χ1) is 6.40. The van der Waals surface area contributed by atoms with Crippen molar-refractivity contribution in [1.82, 2.24) is 0 Å². The van der Waals surface area contributed by atoms with Crippen LogP contribution in [0.2, 0.25) is 0 Å². The molecule has 1 fully saturated rings. The van der Waals surface area contributed by atoms with E-state index >= 15 is 0 Å². The summed E-state index contributed by atoms with van der Waals surface area (Å²) in [6, 6.07) is 10.7. The highest BCUT2D eigenvalue weighted by molar-refractivity contribution is 5.46. The Morgan fingerprint density at radius 1 is 1.31 bits per heavy atom. The minimum atomic E-state index is 0.917. The molecule has 1 atom stereocenters. The second kappa shape index (κ2) is 3.82. The molecule has 1 aromatic carbocycles. The number of para-hydroxylation sites is 1. The number of hydrogen-bond acceptors (Lipinski definition) is 1. The van der Waals surface area contributed by atoms with Crippen LogP contribution in [0.3, 0.4) is 0 Å². The standard InChI is InChI=1S/C12H17N/c1-2-11-8-9-13(10-11)12-6-4-3-5-7-12/h3-7,11H,2,8-10H2,1H3/t11-/m1/s1. The maximum atomic E-state index is 2.49. The van der Waals surface area contributed by atoms with Gasteiger partial charge in [0.1, 0.15) is 0 Å². The van der Waals surface area contributed by atoms with Crippen molar-refractivity contribution in [3.05, 3.63) is 30.3 Å². The molecule has 2 rings (SSSR count). The van der Waals surface area contributed by atoms with Gasteiger partial charge in [0.25, 0.3) is 0 Å². The first-order valence-electron chi connectivity index (χ1n) is 5.20. The first-order valence-corrected chi connectivity index (χ1v) is 5.20. The summed E-state index contributed by atoms with van der Waals surface area (Å²) in [7, 11) is 0. The Morgan fingerprint density at radius 3 is 2.69 bits per heavy atom. The summed E-state index contributed by atoms with van der Waals surface area (Å²) in [5.41, 5.74) is 1.39. The van der Waals surface area contributed by atoms with Gasteiger partial charge < -0.3 is 4.90 Å². The van der Waals surface area contributed by atoms with Crippen molar-refractivity contribution in [1.29, 1.82) is 0 Å². The number of benzene rings is 1. The van der Waals surface area contributed by atoms with Crippen molar-refractivity contribution in [2.24, 2.45) is 5.92 Å². The van der Waals surface area contributed by atoms with Gasteiger partial charge in [-0.05, 0) is 24.5 Å². The summed E-state index contributed by atoms with van der Waals surface area (Å²) in [4.78, 5) is 2.49. The molecule has 1 aliphatic rings. The van der Waals surface area contributed by atoms with Crippen molar-refractivity contribution in [2.75, 3.05) is 18.0 Å². The van der Waals surface area contributed by atoms with Gasteiger partial charge in [0.15, 0.2) is 0 Å². The Bertz CT molecular complexity index is 255. The zero-order valence-corrected chi connectivity index (χ0v) is 8.24. The van der Waals surface area contributed by atoms with Crippen molar-refractivity contribution >= 4 is 5.69 Å². The highest BCUT2D eigenvalue weighted by Gasteiger charge is 2.20. The lowest BCUT2D eigenvalue weighted by Crippen LogP contribution is -2.19. The van der Waals surface area contributed by atoms with Crippen LogP contribution in [0.25, 0.3) is 0 Å². The van der Waals surface area contributed by atoms with Gasteiger partial charge in [-0.1, -0.05) is 31.5 Å². The van der Waals surface area contributed by atoms with E-state index in [9.17, 15) is 0 Å². The molecule has 0 unspecified atom stereocenters. The maximum absolute atomic E-state index is 2.49. The molecular formula is C12H17N. The normalized spacial score (nSPS) is 22.2. The van der Waals surface area contributed by atoms with E-state index in [1.807, 2.05) is 0 Å². The molecule has 13 heavy (non-hydrogen) atoms. The van der Waals surface area contributed by atoms with E-state index < -0.39 is 0 Å². The molecule has 0 radical (unpaired) electrons. The zero-order chi connectivity index (χ0) is 9.10. The average molecular weight is 175 g/mol. The Balaban J connectivity index is 2.04. The van der Waals surface area contributed by atoms with Crippen LogP contribution in [-0.2, 0) is 0 Å². The maximum Gasteiger partial charge on any atom is 0.0366 e. The lowest BCUT2D eigenvalue weighted by atomic mass is 10.1. The summed E-state index contributed by atoms with van der Waals surface area (Å²) in [6.07, 6.45) is 2.69. The summed E-state index contributed by atoms with van der Waals surface area (Å²) in [6.45, 7) is 4.78. The predicted molar refractivity (Wildman–Crippen MR) is 57.1 cm³/mol. The van der Waals surface area contributed by atoms with Gasteiger partial charge in [-0.25, -0.2) is 0 Å². The van der Waals surface area contributed by atoms with Gasteiger partial charge in [-0.2, -0.15) is 0 Å². The lowest BCUT2D eigenvalue weighted by Gasteiger charge is -2.18. The molecule has 0 spiro atoms. The zero-order valence-electron chi connectivity index (χ0n) is 8.24. The predicted octanol–water partition coefficient (Wildman–Crippen LogP) is 2.92. The third-order valence-corrected chi connectivity index (χ3v) is 2.98. The molecule has 1 heteroatoms. The van der Waals surface area contributed by atoms with Crippen molar-refractivity contribution in [2.45, 2.75) is 19.8 Å². The van der Waals surface area contributed by atoms with E-state index in [1.165, 1.54) is 31.6 Å². The van der Waals surface area contributed by atoms with Gasteiger partial charge in [0, 0.05) is 18.8 Å². The fraction of sp³-hybridized carbons (Fsp3) is 0.500. The summed E-state index contributed by atoms with van der Waals surface area (Å²) in [5, 5.41) is 0. The SMILES string of the molecule is CC[C@@H]1CCN(c2ccccc2)C1. The van der Waals surface area contributed by atoms with E-state index in [0.29, 0.717) is 0 Å². The van der Waals surface area contributed by atoms with Crippen LogP contribution in [0.5, 0.6) is 0 Å². The van der Waals surface area contributed by atoms with E-state index in [2.05, 4.69) is 42.2 Å². The van der Waals surface area contributed by atoms with Crippen LogP contribution in [0.4, 0.5) is 5.69 Å². The monoisotopic (exact) mass is 175 g/mol. The van der Waals surface area contributed by atoms with Gasteiger partial charge in [0.05, 0.1) is 0 Å². The molecule has 1 nitrogen and oxygen atoms in total. The van der Waals surface area contributed by atoms with E-state index in [0.717, 1.165) is 5.92 Å². The molecule has 70 valence electrons. The largest absolute Gasteiger partial charge is 0.371 e. The average Bonchev–Trinajstić information content (AvgIpc) is 2.67. The molecule has 0 N–H and O–H groups in total. The minimum Gasteiger partial charge on any atom is -0.371 e. The highest BCUT2D eigenvalue weighted by atomic mass is 15.1. The number of nitrogens with zero attached hydrogens (tertiary/aromatic N) is 1. The summed E-state index contributed by atoms with van der Waals surface area (Å²) < 4.78 is 0. The fourth-order valence-corrected chi connectivity index (χ4v) is 2.04. The first kappa shape index (κ1) is 8.61. The molecular weight excluding hydrogens is 158 g/mol. The molecule has 1 aromatic rings. The number of anilines is 1. The molecule has 0 aliphatic carbocycles. The molecule has 1 heterocycles. The molecule has 0 bridgehead atoms. The fourth-order valence-electron chi connectivity index (χ4n) is 2.04. The van der Waals surface area contributed by atoms with Crippen LogP contribution < -0.4 is 4.90 Å². The summed E-state index contributed by atoms with van der Waals surface area (Å²) >= 11 is 0. The van der Waals surface area contributed by atoms with Crippen molar-refractivity contribution < 1.29 is 0 Å². The van der Waals surface area contributed by atoms with Gasteiger partial charge in [-0.3, -0.25) is 0 Å². The number of rotatable bonds is 2. The van der Waals surface area contributed by atoms with Crippen LogP contribution in [-0.4, -0.2) is 13.1 Å². The highest BCUT2D eigenvalue weighted by Crippen LogP contribution is 2.24. The van der Waals surface area contributed by atoms with Gasteiger partial charge in [0.2, 0.25) is 0 Å². The van der Waals surface area contributed by atoms with Crippen LogP contribution >= 0.6 is 0 Å². The van der Waals surface area contributed by atoms with E-state index in [-0.39, 0.29) is 0 Å². The third-order valence-electron chi connectivity index (χ3n) is 2.98. The van der Waals surface area contributed by atoms with Crippen molar-refractivity contribution in [3.63, 3.8) is 0 Å².